The van der Waals surface area contributed by atoms with Gasteiger partial charge in [0.25, 0.3) is 0 Å². The second-order valence-electron chi connectivity index (χ2n) is 4.57. The number of hydrogen-bond acceptors (Lipinski definition) is 2. The van der Waals surface area contributed by atoms with E-state index in [0.717, 1.165) is 16.8 Å². The maximum atomic E-state index is 12.2. The molecule has 0 saturated heterocycles. The zero-order valence-corrected chi connectivity index (χ0v) is 11.9. The number of halogens is 1. The van der Waals surface area contributed by atoms with Crippen LogP contribution in [0.3, 0.4) is 0 Å². The maximum Gasteiger partial charge on any atom is 0.248 e. The van der Waals surface area contributed by atoms with Crippen molar-refractivity contribution in [1.82, 2.24) is 9.78 Å². The van der Waals surface area contributed by atoms with E-state index in [-0.39, 0.29) is 5.91 Å². The van der Waals surface area contributed by atoms with Gasteiger partial charge in [-0.25, -0.2) is 0 Å². The highest BCUT2D eigenvalue weighted by atomic mass is 35.5. The number of benzene rings is 1. The molecule has 2 aromatic rings. The van der Waals surface area contributed by atoms with Gasteiger partial charge in [0.2, 0.25) is 5.91 Å². The third kappa shape index (κ3) is 2.96. The molecular weight excluding hydrogens is 262 g/mol. The van der Waals surface area contributed by atoms with E-state index in [0.29, 0.717) is 5.02 Å². The average molecular weight is 278 g/mol. The summed E-state index contributed by atoms with van der Waals surface area (Å²) < 4.78 is 1.55. The number of para-hydroxylation sites is 1. The smallest absolute Gasteiger partial charge is 0.248 e. The minimum absolute atomic E-state index is 0.114. The summed E-state index contributed by atoms with van der Waals surface area (Å²) in [7, 11) is 0. The molecule has 1 aromatic heterocycles. The summed E-state index contributed by atoms with van der Waals surface area (Å²) in [6.07, 6.45) is 3.15. The lowest BCUT2D eigenvalue weighted by atomic mass is 10.1. The molecule has 19 heavy (non-hydrogen) atoms. The van der Waals surface area contributed by atoms with Crippen LogP contribution < -0.4 is 5.32 Å². The molecule has 100 valence electrons. The number of carbonyl (C=O) groups excluding carboxylic acids is 1. The first-order chi connectivity index (χ1) is 8.99. The van der Waals surface area contributed by atoms with E-state index < -0.39 is 6.04 Å². The fourth-order valence-corrected chi connectivity index (χ4v) is 2.03. The van der Waals surface area contributed by atoms with Crippen LogP contribution in [0, 0.1) is 13.8 Å². The van der Waals surface area contributed by atoms with Crippen LogP contribution in [0.2, 0.25) is 5.02 Å². The summed E-state index contributed by atoms with van der Waals surface area (Å²) >= 11 is 5.80. The molecule has 1 heterocycles. The number of aryl methyl sites for hydroxylation is 2. The molecule has 0 bridgehead atoms. The molecule has 0 aliphatic carbocycles. The van der Waals surface area contributed by atoms with Gasteiger partial charge in [0, 0.05) is 11.9 Å². The first-order valence-electron chi connectivity index (χ1n) is 6.06. The third-order valence-electron chi connectivity index (χ3n) is 3.08. The molecule has 4 nitrogen and oxygen atoms in total. The number of nitrogens with one attached hydrogen (secondary N) is 1. The van der Waals surface area contributed by atoms with Gasteiger partial charge >= 0.3 is 0 Å². The number of hydrogen-bond donors (Lipinski definition) is 1. The van der Waals surface area contributed by atoms with Crippen LogP contribution in [0.4, 0.5) is 5.69 Å². The average Bonchev–Trinajstić information content (AvgIpc) is 2.79. The Bertz CT molecular complexity index is 586. The SMILES string of the molecule is Cc1cccc(C)c1NC(=O)C(C)n1cc(Cl)cn1. The Morgan fingerprint density at radius 2 is 2.00 bits per heavy atom. The molecule has 0 aliphatic rings. The molecule has 0 fully saturated rings. The number of carbonyl (C=O) groups is 1. The Labute approximate surface area is 117 Å². The topological polar surface area (TPSA) is 46.9 Å². The van der Waals surface area contributed by atoms with E-state index in [2.05, 4.69) is 10.4 Å². The lowest BCUT2D eigenvalue weighted by Gasteiger charge is -2.15. The van der Waals surface area contributed by atoms with Crippen molar-refractivity contribution in [2.45, 2.75) is 26.8 Å². The van der Waals surface area contributed by atoms with Crippen molar-refractivity contribution in [1.29, 1.82) is 0 Å². The van der Waals surface area contributed by atoms with Crippen LogP contribution >= 0.6 is 11.6 Å². The molecule has 0 spiro atoms. The van der Waals surface area contributed by atoms with Gasteiger partial charge in [0.15, 0.2) is 0 Å². The first-order valence-corrected chi connectivity index (χ1v) is 6.43. The standard InChI is InChI=1S/C14H16ClN3O/c1-9-5-4-6-10(2)13(9)17-14(19)11(3)18-8-12(15)7-16-18/h4-8,11H,1-3H3,(H,17,19). The summed E-state index contributed by atoms with van der Waals surface area (Å²) in [6.45, 7) is 5.72. The number of aromatic nitrogens is 2. The number of nitrogens with zero attached hydrogens (tertiary/aromatic N) is 2. The van der Waals surface area contributed by atoms with Gasteiger partial charge in [0.05, 0.1) is 11.2 Å². The maximum absolute atomic E-state index is 12.2. The third-order valence-corrected chi connectivity index (χ3v) is 3.27. The second-order valence-corrected chi connectivity index (χ2v) is 5.01. The van der Waals surface area contributed by atoms with E-state index in [1.165, 1.54) is 6.20 Å². The minimum atomic E-state index is -0.411. The van der Waals surface area contributed by atoms with E-state index in [1.54, 1.807) is 17.8 Å². The summed E-state index contributed by atoms with van der Waals surface area (Å²) in [5, 5.41) is 7.51. The summed E-state index contributed by atoms with van der Waals surface area (Å²) in [5.74, 6) is -0.114. The van der Waals surface area contributed by atoms with Crippen molar-refractivity contribution in [3.63, 3.8) is 0 Å². The molecule has 0 saturated carbocycles. The van der Waals surface area contributed by atoms with Gasteiger partial charge < -0.3 is 5.32 Å². The van der Waals surface area contributed by atoms with E-state index >= 15 is 0 Å². The molecule has 1 N–H and O–H groups in total. The molecule has 0 aliphatic heterocycles. The Balaban J connectivity index is 2.17. The predicted octanol–water partition coefficient (Wildman–Crippen LogP) is 3.35. The zero-order valence-electron chi connectivity index (χ0n) is 11.1. The lowest BCUT2D eigenvalue weighted by molar-refractivity contribution is -0.119. The fourth-order valence-electron chi connectivity index (χ4n) is 1.89. The molecule has 1 amide bonds. The van der Waals surface area contributed by atoms with Gasteiger partial charge in [-0.2, -0.15) is 5.10 Å². The lowest BCUT2D eigenvalue weighted by Crippen LogP contribution is -2.24. The molecule has 1 unspecified atom stereocenters. The van der Waals surface area contributed by atoms with Crippen LogP contribution in [0.1, 0.15) is 24.1 Å². The second kappa shape index (κ2) is 5.45. The molecule has 2 rings (SSSR count). The minimum Gasteiger partial charge on any atom is -0.324 e. The molecule has 5 heteroatoms. The van der Waals surface area contributed by atoms with E-state index in [9.17, 15) is 4.79 Å². The van der Waals surface area contributed by atoms with Crippen molar-refractivity contribution >= 4 is 23.2 Å². The molecule has 0 radical (unpaired) electrons. The number of anilines is 1. The normalized spacial score (nSPS) is 12.2. The van der Waals surface area contributed by atoms with Crippen LogP contribution in [-0.4, -0.2) is 15.7 Å². The quantitative estimate of drug-likeness (QED) is 0.935. The zero-order chi connectivity index (χ0) is 14.0. The highest BCUT2D eigenvalue weighted by Gasteiger charge is 2.17. The summed E-state index contributed by atoms with van der Waals surface area (Å²) in [5.41, 5.74) is 2.94. The van der Waals surface area contributed by atoms with Gasteiger partial charge in [-0.15, -0.1) is 0 Å². The van der Waals surface area contributed by atoms with Gasteiger partial charge in [0.1, 0.15) is 6.04 Å². The van der Waals surface area contributed by atoms with Crippen molar-refractivity contribution in [2.24, 2.45) is 0 Å². The van der Waals surface area contributed by atoms with Crippen molar-refractivity contribution in [3.8, 4) is 0 Å². The van der Waals surface area contributed by atoms with Crippen molar-refractivity contribution in [2.75, 3.05) is 5.32 Å². The molecule has 1 aromatic carbocycles. The molecule has 1 atom stereocenters. The van der Waals surface area contributed by atoms with Crippen LogP contribution in [0.15, 0.2) is 30.6 Å². The van der Waals surface area contributed by atoms with Crippen LogP contribution in [0.25, 0.3) is 0 Å². The largest absolute Gasteiger partial charge is 0.324 e. The summed E-state index contributed by atoms with van der Waals surface area (Å²) in [6, 6.07) is 5.50. The van der Waals surface area contributed by atoms with Crippen molar-refractivity contribution < 1.29 is 4.79 Å². The van der Waals surface area contributed by atoms with Crippen LogP contribution in [0.5, 0.6) is 0 Å². The number of rotatable bonds is 3. The van der Waals surface area contributed by atoms with Crippen molar-refractivity contribution in [3.05, 3.63) is 46.7 Å². The molecular formula is C14H16ClN3O. The Morgan fingerprint density at radius 1 is 1.37 bits per heavy atom. The first kappa shape index (κ1) is 13.6. The van der Waals surface area contributed by atoms with Gasteiger partial charge in [-0.1, -0.05) is 29.8 Å². The predicted molar refractivity (Wildman–Crippen MR) is 76.5 cm³/mol. The monoisotopic (exact) mass is 277 g/mol. The van der Waals surface area contributed by atoms with E-state index in [4.69, 9.17) is 11.6 Å². The highest BCUT2D eigenvalue weighted by Crippen LogP contribution is 2.21. The fraction of sp³-hybridized carbons (Fsp3) is 0.286. The summed E-state index contributed by atoms with van der Waals surface area (Å²) in [4.78, 5) is 12.2. The van der Waals surface area contributed by atoms with E-state index in [1.807, 2.05) is 32.0 Å². The Kier molecular flexibility index (Phi) is 3.90. The highest BCUT2D eigenvalue weighted by molar-refractivity contribution is 6.30. The Hall–Kier alpha value is -1.81. The number of amides is 1. The Morgan fingerprint density at radius 3 is 2.53 bits per heavy atom. The van der Waals surface area contributed by atoms with Gasteiger partial charge in [-0.3, -0.25) is 9.48 Å². The van der Waals surface area contributed by atoms with Crippen LogP contribution in [-0.2, 0) is 4.79 Å². The van der Waals surface area contributed by atoms with Gasteiger partial charge in [-0.05, 0) is 31.9 Å².